The molecule has 0 atom stereocenters. The third kappa shape index (κ3) is 3.41. The number of ether oxygens (including phenoxy) is 1. The smallest absolute Gasteiger partial charge is 0.271 e. The number of pyridine rings is 1. The van der Waals surface area contributed by atoms with E-state index in [1.165, 1.54) is 0 Å². The van der Waals surface area contributed by atoms with Gasteiger partial charge in [0.2, 0.25) is 0 Å². The summed E-state index contributed by atoms with van der Waals surface area (Å²) in [5, 5.41) is 4.04. The molecule has 20 heavy (non-hydrogen) atoms. The molecule has 1 amide bonds. The second-order valence-corrected chi connectivity index (χ2v) is 4.09. The molecule has 0 spiro atoms. The number of nitrogens with zero attached hydrogens (tertiary/aromatic N) is 2. The Morgan fingerprint density at radius 1 is 1.25 bits per heavy atom. The van der Waals surface area contributed by atoms with Crippen LogP contribution in [0.4, 0.5) is 0 Å². The molecule has 1 N–H and O–H groups in total. The van der Waals surface area contributed by atoms with Gasteiger partial charge in [0.25, 0.3) is 5.91 Å². The minimum absolute atomic E-state index is 0.292. The molecule has 0 saturated heterocycles. The van der Waals surface area contributed by atoms with Crippen molar-refractivity contribution in [3.8, 4) is 5.75 Å². The van der Waals surface area contributed by atoms with Gasteiger partial charge in [0.05, 0.1) is 18.5 Å². The summed E-state index contributed by atoms with van der Waals surface area (Å²) < 4.78 is 5.07. The number of hydrogen-bond acceptors (Lipinski definition) is 4. The van der Waals surface area contributed by atoms with Crippen LogP contribution in [0.2, 0.25) is 0 Å². The third-order valence-corrected chi connectivity index (χ3v) is 2.69. The zero-order valence-corrected chi connectivity index (χ0v) is 11.3. The Hall–Kier alpha value is -2.69. The van der Waals surface area contributed by atoms with Crippen molar-refractivity contribution in [2.75, 3.05) is 7.11 Å². The van der Waals surface area contributed by atoms with E-state index in [4.69, 9.17) is 4.74 Å². The number of carbonyl (C=O) groups is 1. The normalized spacial score (nSPS) is 11.0. The lowest BCUT2D eigenvalue weighted by Gasteiger charge is -2.04. The maximum absolute atomic E-state index is 12.0. The molecule has 5 heteroatoms. The van der Waals surface area contributed by atoms with Crippen LogP contribution in [0, 0.1) is 0 Å². The van der Waals surface area contributed by atoms with Crippen LogP contribution in [-0.4, -0.2) is 23.7 Å². The van der Waals surface area contributed by atoms with Crippen molar-refractivity contribution >= 4 is 11.6 Å². The van der Waals surface area contributed by atoms with Gasteiger partial charge in [-0.15, -0.1) is 0 Å². The Morgan fingerprint density at radius 3 is 2.80 bits per heavy atom. The first-order valence-electron chi connectivity index (χ1n) is 6.11. The highest BCUT2D eigenvalue weighted by Crippen LogP contribution is 2.12. The molecular formula is C15H15N3O2. The van der Waals surface area contributed by atoms with E-state index < -0.39 is 0 Å². The molecule has 102 valence electrons. The standard InChI is InChI=1S/C15H15N3O2/c1-11(14-8-3-4-9-16-14)17-18-15(19)12-6-5-7-13(10-12)20-2/h3-10H,1-2H3,(H,18,19)/b17-11+. The van der Waals surface area contributed by atoms with Gasteiger partial charge in [-0.3, -0.25) is 9.78 Å². The summed E-state index contributed by atoms with van der Waals surface area (Å²) in [4.78, 5) is 16.1. The van der Waals surface area contributed by atoms with Crippen molar-refractivity contribution in [2.45, 2.75) is 6.92 Å². The number of rotatable bonds is 4. The quantitative estimate of drug-likeness (QED) is 0.684. The molecule has 5 nitrogen and oxygen atoms in total. The summed E-state index contributed by atoms with van der Waals surface area (Å²) in [6, 6.07) is 12.4. The molecule has 0 bridgehead atoms. The lowest BCUT2D eigenvalue weighted by atomic mass is 10.2. The van der Waals surface area contributed by atoms with Gasteiger partial charge in [0.1, 0.15) is 5.75 Å². The zero-order valence-electron chi connectivity index (χ0n) is 11.3. The Bertz CT molecular complexity index is 624. The van der Waals surface area contributed by atoms with E-state index in [1.807, 2.05) is 18.2 Å². The largest absolute Gasteiger partial charge is 0.497 e. The average Bonchev–Trinajstić information content (AvgIpc) is 2.53. The Kier molecular flexibility index (Phi) is 4.44. The van der Waals surface area contributed by atoms with Crippen LogP contribution in [-0.2, 0) is 0 Å². The minimum atomic E-state index is -0.292. The van der Waals surface area contributed by atoms with E-state index in [1.54, 1.807) is 44.5 Å². The molecule has 0 unspecified atom stereocenters. The first kappa shape index (κ1) is 13.7. The number of carbonyl (C=O) groups excluding carboxylic acids is 1. The summed E-state index contributed by atoms with van der Waals surface area (Å²) >= 11 is 0. The lowest BCUT2D eigenvalue weighted by Crippen LogP contribution is -2.19. The predicted molar refractivity (Wildman–Crippen MR) is 76.9 cm³/mol. The molecule has 2 aromatic rings. The minimum Gasteiger partial charge on any atom is -0.497 e. The summed E-state index contributed by atoms with van der Waals surface area (Å²) in [6.07, 6.45) is 1.68. The van der Waals surface area contributed by atoms with Crippen LogP contribution >= 0.6 is 0 Å². The van der Waals surface area contributed by atoms with E-state index in [0.717, 1.165) is 5.69 Å². The van der Waals surface area contributed by atoms with Gasteiger partial charge in [-0.05, 0) is 37.3 Å². The molecule has 0 aliphatic carbocycles. The lowest BCUT2D eigenvalue weighted by molar-refractivity contribution is 0.0954. The molecule has 0 aliphatic heterocycles. The molecule has 0 fully saturated rings. The highest BCUT2D eigenvalue weighted by atomic mass is 16.5. The molecule has 0 saturated carbocycles. The number of methoxy groups -OCH3 is 1. The van der Waals surface area contributed by atoms with E-state index in [2.05, 4.69) is 15.5 Å². The maximum atomic E-state index is 12.0. The summed E-state index contributed by atoms with van der Waals surface area (Å²) in [5.41, 5.74) is 4.35. The summed E-state index contributed by atoms with van der Waals surface area (Å²) in [7, 11) is 1.56. The van der Waals surface area contributed by atoms with E-state index in [-0.39, 0.29) is 5.91 Å². The van der Waals surface area contributed by atoms with E-state index in [9.17, 15) is 4.79 Å². The van der Waals surface area contributed by atoms with Crippen LogP contribution in [0.15, 0.2) is 53.8 Å². The topological polar surface area (TPSA) is 63.6 Å². The second-order valence-electron chi connectivity index (χ2n) is 4.09. The second kappa shape index (κ2) is 6.47. The van der Waals surface area contributed by atoms with Crippen LogP contribution in [0.25, 0.3) is 0 Å². The van der Waals surface area contributed by atoms with Gasteiger partial charge < -0.3 is 4.74 Å². The van der Waals surface area contributed by atoms with E-state index in [0.29, 0.717) is 17.0 Å². The monoisotopic (exact) mass is 269 g/mol. The number of nitrogens with one attached hydrogen (secondary N) is 1. The number of aromatic nitrogens is 1. The van der Waals surface area contributed by atoms with Crippen LogP contribution in [0.5, 0.6) is 5.75 Å². The summed E-state index contributed by atoms with van der Waals surface area (Å²) in [5.74, 6) is 0.335. The SMILES string of the molecule is COc1cccc(C(=O)N/N=C(\C)c2ccccn2)c1. The Labute approximate surface area is 117 Å². The van der Waals surface area contributed by atoms with Crippen LogP contribution < -0.4 is 10.2 Å². The molecule has 1 aromatic carbocycles. The highest BCUT2D eigenvalue weighted by Gasteiger charge is 2.06. The average molecular weight is 269 g/mol. The fourth-order valence-corrected chi connectivity index (χ4v) is 1.60. The number of hydrazone groups is 1. The van der Waals surface area contributed by atoms with Crippen molar-refractivity contribution in [1.29, 1.82) is 0 Å². The van der Waals surface area contributed by atoms with Crippen molar-refractivity contribution in [3.05, 3.63) is 59.9 Å². The Balaban J connectivity index is 2.08. The maximum Gasteiger partial charge on any atom is 0.271 e. The predicted octanol–water partition coefficient (Wildman–Crippen LogP) is 2.24. The van der Waals surface area contributed by atoms with Gasteiger partial charge in [0, 0.05) is 11.8 Å². The first-order valence-corrected chi connectivity index (χ1v) is 6.11. The van der Waals surface area contributed by atoms with Crippen molar-refractivity contribution in [2.24, 2.45) is 5.10 Å². The van der Waals surface area contributed by atoms with Crippen LogP contribution in [0.3, 0.4) is 0 Å². The van der Waals surface area contributed by atoms with Crippen molar-refractivity contribution < 1.29 is 9.53 Å². The Morgan fingerprint density at radius 2 is 2.10 bits per heavy atom. The fourth-order valence-electron chi connectivity index (χ4n) is 1.60. The van der Waals surface area contributed by atoms with Gasteiger partial charge in [-0.1, -0.05) is 12.1 Å². The number of benzene rings is 1. The van der Waals surface area contributed by atoms with Gasteiger partial charge in [-0.2, -0.15) is 5.10 Å². The molecule has 1 heterocycles. The number of hydrogen-bond donors (Lipinski definition) is 1. The zero-order chi connectivity index (χ0) is 14.4. The van der Waals surface area contributed by atoms with E-state index >= 15 is 0 Å². The molecule has 2 rings (SSSR count). The first-order chi connectivity index (χ1) is 9.70. The van der Waals surface area contributed by atoms with Crippen LogP contribution in [0.1, 0.15) is 23.0 Å². The number of amides is 1. The highest BCUT2D eigenvalue weighted by molar-refractivity contribution is 5.99. The van der Waals surface area contributed by atoms with Gasteiger partial charge in [-0.25, -0.2) is 5.43 Å². The molecule has 1 aromatic heterocycles. The third-order valence-electron chi connectivity index (χ3n) is 2.69. The van der Waals surface area contributed by atoms with Gasteiger partial charge in [0.15, 0.2) is 0 Å². The molecule has 0 aliphatic rings. The van der Waals surface area contributed by atoms with Crippen molar-refractivity contribution in [3.63, 3.8) is 0 Å². The molecule has 0 radical (unpaired) electrons. The van der Waals surface area contributed by atoms with Gasteiger partial charge >= 0.3 is 0 Å². The van der Waals surface area contributed by atoms with Crippen molar-refractivity contribution in [1.82, 2.24) is 10.4 Å². The fraction of sp³-hybridized carbons (Fsp3) is 0.133. The molecular weight excluding hydrogens is 254 g/mol. The summed E-state index contributed by atoms with van der Waals surface area (Å²) in [6.45, 7) is 1.79.